The van der Waals surface area contributed by atoms with Gasteiger partial charge in [-0.1, -0.05) is 18.2 Å². The second kappa shape index (κ2) is 17.6. The van der Waals surface area contributed by atoms with E-state index in [1.54, 1.807) is 62.3 Å². The van der Waals surface area contributed by atoms with Crippen molar-refractivity contribution in [2.45, 2.75) is 109 Å². The number of piperidine rings is 1. The summed E-state index contributed by atoms with van der Waals surface area (Å²) in [5.74, 6) is -0.642. The average molecular weight is 767 g/mol. The lowest BCUT2D eigenvalue weighted by atomic mass is 9.93. The molecule has 6 rings (SSSR count). The molecule has 2 fully saturated rings. The molecule has 1 saturated heterocycles. The molecule has 4 N–H and O–H groups in total. The van der Waals surface area contributed by atoms with Crippen molar-refractivity contribution in [2.75, 3.05) is 25.0 Å². The largest absolute Gasteiger partial charge is 0.494 e. The van der Waals surface area contributed by atoms with E-state index in [-0.39, 0.29) is 43.0 Å². The van der Waals surface area contributed by atoms with Crippen molar-refractivity contribution < 1.29 is 33.4 Å². The van der Waals surface area contributed by atoms with Gasteiger partial charge in [-0.2, -0.15) is 0 Å². The summed E-state index contributed by atoms with van der Waals surface area (Å²) in [6.07, 6.45) is 6.93. The van der Waals surface area contributed by atoms with Crippen LogP contribution < -0.4 is 26.0 Å². The first-order chi connectivity index (χ1) is 26.8. The van der Waals surface area contributed by atoms with Gasteiger partial charge in [-0.15, -0.1) is 0 Å². The third-order valence-corrected chi connectivity index (χ3v) is 10.8. The van der Waals surface area contributed by atoms with Crippen LogP contribution in [0.3, 0.4) is 0 Å². The maximum absolute atomic E-state index is 14.3. The summed E-state index contributed by atoms with van der Waals surface area (Å²) in [6.45, 7) is 9.13. The SMILES string of the molecule is Cc1ccc2cc1CNC(=O)C(CCc1ccncc1)NC(=O)[C@@H](NC(=O)C1(c3ccc(NC(=O)OC(C)(C)C)cc3)CC1)CC(=O)N1CCCC(CCO2)C1. The van der Waals surface area contributed by atoms with E-state index in [4.69, 9.17) is 9.47 Å². The van der Waals surface area contributed by atoms with Gasteiger partial charge in [0.05, 0.1) is 18.4 Å². The van der Waals surface area contributed by atoms with Gasteiger partial charge in [0.15, 0.2) is 0 Å². The highest BCUT2D eigenvalue weighted by Crippen LogP contribution is 2.48. The Labute approximate surface area is 328 Å². The molecule has 4 bridgehead atoms. The van der Waals surface area contributed by atoms with Crippen molar-refractivity contribution in [2.24, 2.45) is 5.92 Å². The Morgan fingerprint density at radius 1 is 1.00 bits per heavy atom. The van der Waals surface area contributed by atoms with Crippen molar-refractivity contribution in [1.29, 1.82) is 0 Å². The Kier molecular flexibility index (Phi) is 12.6. The van der Waals surface area contributed by atoms with Gasteiger partial charge in [0, 0.05) is 37.7 Å². The number of aromatic nitrogens is 1. The molecule has 2 aliphatic heterocycles. The summed E-state index contributed by atoms with van der Waals surface area (Å²) in [7, 11) is 0. The van der Waals surface area contributed by atoms with Crippen molar-refractivity contribution >= 4 is 35.4 Å². The van der Waals surface area contributed by atoms with Crippen molar-refractivity contribution in [3.05, 3.63) is 89.2 Å². The molecule has 1 aliphatic carbocycles. The molecule has 0 spiro atoms. The number of pyridine rings is 1. The summed E-state index contributed by atoms with van der Waals surface area (Å²) in [6, 6.07) is 14.3. The summed E-state index contributed by atoms with van der Waals surface area (Å²) in [5, 5.41) is 11.6. The van der Waals surface area contributed by atoms with E-state index < -0.39 is 35.1 Å². The fourth-order valence-electron chi connectivity index (χ4n) is 7.38. The molecular weight excluding hydrogens is 713 g/mol. The Balaban J connectivity index is 1.24. The molecule has 2 aromatic carbocycles. The van der Waals surface area contributed by atoms with Crippen LogP contribution >= 0.6 is 0 Å². The van der Waals surface area contributed by atoms with Crippen LogP contribution in [-0.2, 0) is 42.3 Å². The normalized spacial score (nSPS) is 21.6. The first-order valence-electron chi connectivity index (χ1n) is 19.7. The van der Waals surface area contributed by atoms with Crippen LogP contribution in [0.1, 0.15) is 88.0 Å². The predicted molar refractivity (Wildman–Crippen MR) is 211 cm³/mol. The number of rotatable bonds is 7. The third kappa shape index (κ3) is 10.6. The van der Waals surface area contributed by atoms with Gasteiger partial charge >= 0.3 is 6.09 Å². The molecule has 3 aliphatic rings. The van der Waals surface area contributed by atoms with Crippen LogP contribution in [0, 0.1) is 12.8 Å². The second-order valence-corrected chi connectivity index (χ2v) is 16.3. The molecule has 1 aromatic heterocycles. The zero-order valence-electron chi connectivity index (χ0n) is 32.8. The maximum atomic E-state index is 14.3. The molecular formula is C43H54N6O7. The number of nitrogens with one attached hydrogen (secondary N) is 4. The molecule has 56 heavy (non-hydrogen) atoms. The Morgan fingerprint density at radius 3 is 2.46 bits per heavy atom. The van der Waals surface area contributed by atoms with E-state index in [1.165, 1.54) is 0 Å². The fourth-order valence-corrected chi connectivity index (χ4v) is 7.38. The Bertz CT molecular complexity index is 1890. The van der Waals surface area contributed by atoms with E-state index in [2.05, 4.69) is 26.3 Å². The lowest BCUT2D eigenvalue weighted by molar-refractivity contribution is -0.138. The minimum absolute atomic E-state index is 0.230. The highest BCUT2D eigenvalue weighted by atomic mass is 16.6. The number of carbonyl (C=O) groups excluding carboxylic acids is 5. The maximum Gasteiger partial charge on any atom is 0.412 e. The summed E-state index contributed by atoms with van der Waals surface area (Å²) >= 11 is 0. The summed E-state index contributed by atoms with van der Waals surface area (Å²) < 4.78 is 11.5. The van der Waals surface area contributed by atoms with Crippen molar-refractivity contribution in [3.63, 3.8) is 0 Å². The number of nitrogens with zero attached hydrogens (tertiary/aromatic N) is 2. The van der Waals surface area contributed by atoms with Crippen molar-refractivity contribution in [1.82, 2.24) is 25.8 Å². The number of hydrogen-bond donors (Lipinski definition) is 4. The number of ether oxygens (including phenoxy) is 2. The number of anilines is 1. The molecule has 3 heterocycles. The van der Waals surface area contributed by atoms with Crippen LogP contribution in [-0.4, -0.2) is 77.0 Å². The van der Waals surface area contributed by atoms with Gasteiger partial charge in [-0.05, 0) is 137 Å². The first kappa shape index (κ1) is 40.2. The highest BCUT2D eigenvalue weighted by molar-refractivity contribution is 5.98. The van der Waals surface area contributed by atoms with Gasteiger partial charge in [-0.3, -0.25) is 29.5 Å². The van der Waals surface area contributed by atoms with E-state index in [0.717, 1.165) is 41.5 Å². The molecule has 5 amide bonds. The first-order valence-corrected chi connectivity index (χ1v) is 19.7. The number of carbonyl (C=O) groups is 5. The van der Waals surface area contributed by atoms with Crippen LogP contribution in [0.2, 0.25) is 0 Å². The van der Waals surface area contributed by atoms with Gasteiger partial charge in [0.25, 0.3) is 0 Å². The number of benzene rings is 2. The zero-order chi connectivity index (χ0) is 39.9. The number of fused-ring (bicyclic) bond motifs is 4. The topological polar surface area (TPSA) is 168 Å². The molecule has 3 aromatic rings. The minimum atomic E-state index is -1.22. The monoisotopic (exact) mass is 766 g/mol. The smallest absolute Gasteiger partial charge is 0.412 e. The minimum Gasteiger partial charge on any atom is -0.494 e. The van der Waals surface area contributed by atoms with Gasteiger partial charge in [-0.25, -0.2) is 4.79 Å². The standard InChI is InChI=1S/C43H54N6O7/c1-28-7-13-34-24-31(28)26-45-38(51)35(14-8-29-15-20-44-21-16-29)47-39(52)36(25-37(50)49-22-5-6-30(27-49)17-23-55-34)48-40(53)43(18-19-43)32-9-11-33(12-10-32)46-41(54)56-42(2,3)4/h7,9-13,15-16,20-21,24,30,35-36H,5-6,8,14,17-19,22-23,25-27H2,1-4H3,(H,45,51)(H,46,54)(H,47,52)(H,48,53)/t30?,35?,36-/m0/s1. The quantitative estimate of drug-likeness (QED) is 0.258. The van der Waals surface area contributed by atoms with Crippen LogP contribution in [0.25, 0.3) is 0 Å². The molecule has 2 unspecified atom stereocenters. The average Bonchev–Trinajstić information content (AvgIpc) is 3.98. The molecule has 1 saturated carbocycles. The summed E-state index contributed by atoms with van der Waals surface area (Å²) in [4.78, 5) is 74.5. The highest BCUT2D eigenvalue weighted by Gasteiger charge is 2.52. The van der Waals surface area contributed by atoms with Crippen LogP contribution in [0.15, 0.2) is 67.0 Å². The Hall–Kier alpha value is -5.46. The zero-order valence-corrected chi connectivity index (χ0v) is 32.8. The molecule has 298 valence electrons. The number of hydrogen-bond acceptors (Lipinski definition) is 8. The van der Waals surface area contributed by atoms with E-state index in [0.29, 0.717) is 50.4 Å². The van der Waals surface area contributed by atoms with E-state index in [1.807, 2.05) is 37.3 Å². The van der Waals surface area contributed by atoms with Gasteiger partial charge < -0.3 is 30.3 Å². The molecule has 13 nitrogen and oxygen atoms in total. The molecule has 3 atom stereocenters. The van der Waals surface area contributed by atoms with Gasteiger partial charge in [0.2, 0.25) is 23.6 Å². The predicted octanol–water partition coefficient (Wildman–Crippen LogP) is 5.10. The lowest BCUT2D eigenvalue weighted by Gasteiger charge is -2.34. The van der Waals surface area contributed by atoms with Crippen LogP contribution in [0.5, 0.6) is 5.75 Å². The van der Waals surface area contributed by atoms with Gasteiger partial charge in [0.1, 0.15) is 23.4 Å². The molecule has 13 heteroatoms. The number of aryl methyl sites for hydroxylation is 2. The Morgan fingerprint density at radius 2 is 1.75 bits per heavy atom. The van der Waals surface area contributed by atoms with Crippen LogP contribution in [0.4, 0.5) is 10.5 Å². The fraction of sp³-hybridized carbons (Fsp3) is 0.488. The lowest BCUT2D eigenvalue weighted by Crippen LogP contribution is -2.56. The third-order valence-electron chi connectivity index (χ3n) is 10.8. The molecule has 0 radical (unpaired) electrons. The van der Waals surface area contributed by atoms with E-state index in [9.17, 15) is 24.0 Å². The summed E-state index contributed by atoms with van der Waals surface area (Å²) in [5.41, 5.74) is 2.53. The number of amides is 5. The van der Waals surface area contributed by atoms with Crippen molar-refractivity contribution in [3.8, 4) is 5.75 Å². The second-order valence-electron chi connectivity index (χ2n) is 16.3. The van der Waals surface area contributed by atoms with E-state index >= 15 is 0 Å².